The average molecular weight is 525 g/mol. The van der Waals surface area contributed by atoms with Gasteiger partial charge in [-0.3, -0.25) is 9.59 Å². The van der Waals surface area contributed by atoms with E-state index in [2.05, 4.69) is 34.6 Å². The molecule has 198 valence electrons. The number of aromatic nitrogens is 1. The molecule has 1 fully saturated rings. The molecular weight excluding hydrogens is 488 g/mol. The number of carbonyl (C=O) groups excluding carboxylic acids is 2. The lowest BCUT2D eigenvalue weighted by Gasteiger charge is -2.44. The number of aromatic amines is 1. The van der Waals surface area contributed by atoms with Crippen molar-refractivity contribution in [3.63, 3.8) is 0 Å². The van der Waals surface area contributed by atoms with E-state index in [0.29, 0.717) is 19.5 Å². The van der Waals surface area contributed by atoms with E-state index in [1.165, 1.54) is 11.1 Å². The van der Waals surface area contributed by atoms with E-state index in [9.17, 15) is 9.59 Å². The summed E-state index contributed by atoms with van der Waals surface area (Å²) in [5, 5.41) is 4.02. The summed E-state index contributed by atoms with van der Waals surface area (Å²) in [6.07, 6.45) is 5.02. The van der Waals surface area contributed by atoms with E-state index >= 15 is 0 Å². The van der Waals surface area contributed by atoms with Crippen molar-refractivity contribution in [3.05, 3.63) is 71.4 Å². The molecular formula is C29H37ClN4O3. The molecule has 5 rings (SSSR count). The average Bonchev–Trinajstić information content (AvgIpc) is 3.42. The van der Waals surface area contributed by atoms with Gasteiger partial charge >= 0.3 is 0 Å². The number of benzene rings is 2. The predicted octanol–water partition coefficient (Wildman–Crippen LogP) is 3.49. The Labute approximate surface area is 224 Å². The zero-order valence-corrected chi connectivity index (χ0v) is 22.6. The number of ether oxygens (including phenoxy) is 1. The summed E-state index contributed by atoms with van der Waals surface area (Å²) < 4.78 is 5.95. The number of likely N-dealkylation sites (tertiary alicyclic amines) is 1. The van der Waals surface area contributed by atoms with Crippen LogP contribution in [0.4, 0.5) is 0 Å². The van der Waals surface area contributed by atoms with E-state index in [-0.39, 0.29) is 35.7 Å². The number of halogens is 1. The van der Waals surface area contributed by atoms with Crippen LogP contribution in [0.5, 0.6) is 0 Å². The van der Waals surface area contributed by atoms with Crippen LogP contribution in [0.25, 0.3) is 10.9 Å². The third-order valence-electron chi connectivity index (χ3n) is 8.11. The lowest BCUT2D eigenvalue weighted by Crippen LogP contribution is -2.59. The van der Waals surface area contributed by atoms with Gasteiger partial charge in [0.15, 0.2) is 0 Å². The first-order chi connectivity index (χ1) is 17.2. The molecule has 2 amide bonds. The first kappa shape index (κ1) is 27.2. The molecule has 0 bridgehead atoms. The molecule has 0 radical (unpaired) electrons. The summed E-state index contributed by atoms with van der Waals surface area (Å²) in [5.74, 6) is -0.397. The summed E-state index contributed by atoms with van der Waals surface area (Å²) in [7, 11) is 1.79. The molecule has 4 N–H and O–H groups in total. The number of para-hydroxylation sites is 1. The van der Waals surface area contributed by atoms with Crippen LogP contribution in [0.2, 0.25) is 0 Å². The fourth-order valence-electron chi connectivity index (χ4n) is 6.06. The second-order valence-corrected chi connectivity index (χ2v) is 10.9. The maximum atomic E-state index is 13.9. The fourth-order valence-corrected chi connectivity index (χ4v) is 6.06. The highest BCUT2D eigenvalue weighted by Gasteiger charge is 2.49. The molecule has 1 unspecified atom stereocenters. The second-order valence-electron chi connectivity index (χ2n) is 10.9. The summed E-state index contributed by atoms with van der Waals surface area (Å²) >= 11 is 0. The number of piperidine rings is 1. The van der Waals surface area contributed by atoms with Crippen molar-refractivity contribution in [3.8, 4) is 0 Å². The summed E-state index contributed by atoms with van der Waals surface area (Å²) in [6, 6.07) is 15.9. The summed E-state index contributed by atoms with van der Waals surface area (Å²) in [4.78, 5) is 31.9. The van der Waals surface area contributed by atoms with Crippen molar-refractivity contribution in [2.24, 2.45) is 5.73 Å². The van der Waals surface area contributed by atoms with E-state index in [1.807, 2.05) is 35.4 Å². The van der Waals surface area contributed by atoms with Crippen LogP contribution in [0.15, 0.2) is 54.7 Å². The molecule has 1 saturated heterocycles. The quantitative estimate of drug-likeness (QED) is 0.459. The number of methoxy groups -OCH3 is 1. The number of nitrogens with one attached hydrogen (secondary N) is 2. The van der Waals surface area contributed by atoms with Crippen molar-refractivity contribution >= 4 is 35.1 Å². The Morgan fingerprint density at radius 1 is 1.16 bits per heavy atom. The third-order valence-corrected chi connectivity index (χ3v) is 8.11. The maximum absolute atomic E-state index is 13.9. The van der Waals surface area contributed by atoms with E-state index in [4.69, 9.17) is 10.5 Å². The zero-order chi connectivity index (χ0) is 25.5. The third kappa shape index (κ3) is 5.00. The molecule has 2 atom stereocenters. The second kappa shape index (κ2) is 10.5. The standard InChI is InChI=1S/C29H36N4O3.ClH/c1-28(2,30)27(35)32-24(16-20-18-31-23-11-7-5-9-21(20)23)26(34)33-14-12-29(13-15-33)22-10-6-4-8-19(22)17-25(29)36-3;/h4-11,18,24-25,31H,12-17,30H2,1-3H3,(H,32,35);1H/t24-,25?;/m1./s1. The molecule has 1 spiro atoms. The fraction of sp³-hybridized carbons (Fsp3) is 0.448. The molecule has 2 aliphatic rings. The minimum Gasteiger partial charge on any atom is -0.380 e. The van der Waals surface area contributed by atoms with Crippen molar-refractivity contribution in [2.45, 2.75) is 62.6 Å². The Morgan fingerprint density at radius 3 is 2.54 bits per heavy atom. The highest BCUT2D eigenvalue weighted by molar-refractivity contribution is 5.92. The van der Waals surface area contributed by atoms with Gasteiger partial charge in [0.2, 0.25) is 11.8 Å². The highest BCUT2D eigenvalue weighted by atomic mass is 35.5. The predicted molar refractivity (Wildman–Crippen MR) is 148 cm³/mol. The van der Waals surface area contributed by atoms with Crippen molar-refractivity contribution in [1.29, 1.82) is 0 Å². The number of fused-ring (bicyclic) bond motifs is 3. The van der Waals surface area contributed by atoms with Gasteiger partial charge in [0.25, 0.3) is 0 Å². The van der Waals surface area contributed by atoms with Gasteiger partial charge in [-0.25, -0.2) is 0 Å². The Morgan fingerprint density at radius 2 is 1.84 bits per heavy atom. The number of nitrogens with zero attached hydrogens (tertiary/aromatic N) is 1. The normalized spacial score (nSPS) is 19.4. The van der Waals surface area contributed by atoms with Crippen LogP contribution in [-0.4, -0.2) is 59.6 Å². The highest BCUT2D eigenvalue weighted by Crippen LogP contribution is 2.47. The maximum Gasteiger partial charge on any atom is 0.245 e. The van der Waals surface area contributed by atoms with Crippen LogP contribution in [0.3, 0.4) is 0 Å². The van der Waals surface area contributed by atoms with Gasteiger partial charge in [0.05, 0.1) is 11.6 Å². The Bertz CT molecular complexity index is 1270. The molecule has 0 saturated carbocycles. The monoisotopic (exact) mass is 524 g/mol. The largest absolute Gasteiger partial charge is 0.380 e. The topological polar surface area (TPSA) is 100 Å². The molecule has 3 aromatic rings. The SMILES string of the molecule is COC1Cc2ccccc2C12CCN(C(=O)[C@@H](Cc1c[nH]c3ccccc13)NC(=O)C(C)(C)N)CC2.Cl. The molecule has 37 heavy (non-hydrogen) atoms. The Balaban J connectivity index is 0.00000320. The van der Waals surface area contributed by atoms with Crippen LogP contribution in [0, 0.1) is 0 Å². The van der Waals surface area contributed by atoms with E-state index < -0.39 is 11.6 Å². The van der Waals surface area contributed by atoms with Gasteiger partial charge in [-0.1, -0.05) is 42.5 Å². The van der Waals surface area contributed by atoms with Crippen LogP contribution in [0.1, 0.15) is 43.4 Å². The van der Waals surface area contributed by atoms with Gasteiger partial charge in [0.1, 0.15) is 6.04 Å². The van der Waals surface area contributed by atoms with Crippen molar-refractivity contribution < 1.29 is 14.3 Å². The molecule has 1 aliphatic heterocycles. The number of carbonyl (C=O) groups is 2. The van der Waals surface area contributed by atoms with E-state index in [1.54, 1.807) is 21.0 Å². The first-order valence-corrected chi connectivity index (χ1v) is 12.8. The van der Waals surface area contributed by atoms with Crippen LogP contribution >= 0.6 is 12.4 Å². The lowest BCUT2D eigenvalue weighted by atomic mass is 9.72. The van der Waals surface area contributed by atoms with Crippen molar-refractivity contribution in [1.82, 2.24) is 15.2 Å². The lowest BCUT2D eigenvalue weighted by molar-refractivity contribution is -0.139. The Hall–Kier alpha value is -2.87. The van der Waals surface area contributed by atoms with Crippen LogP contribution < -0.4 is 11.1 Å². The molecule has 1 aromatic heterocycles. The van der Waals surface area contributed by atoms with Crippen molar-refractivity contribution in [2.75, 3.05) is 20.2 Å². The van der Waals surface area contributed by atoms with Gasteiger partial charge < -0.3 is 25.7 Å². The van der Waals surface area contributed by atoms with Gasteiger partial charge in [-0.2, -0.15) is 0 Å². The zero-order valence-electron chi connectivity index (χ0n) is 21.8. The number of rotatable bonds is 6. The Kier molecular flexibility index (Phi) is 7.70. The minimum absolute atomic E-state index is 0. The number of hydrogen-bond donors (Lipinski definition) is 3. The summed E-state index contributed by atoms with van der Waals surface area (Å²) in [5.41, 5.74) is 9.63. The molecule has 7 nitrogen and oxygen atoms in total. The first-order valence-electron chi connectivity index (χ1n) is 12.8. The van der Waals surface area contributed by atoms with Gasteiger partial charge in [0, 0.05) is 49.1 Å². The minimum atomic E-state index is -1.08. The molecule has 2 aromatic carbocycles. The number of hydrogen-bond acceptors (Lipinski definition) is 4. The number of amides is 2. The van der Waals surface area contributed by atoms with Gasteiger partial charge in [-0.05, 0) is 55.9 Å². The smallest absolute Gasteiger partial charge is 0.245 e. The van der Waals surface area contributed by atoms with E-state index in [0.717, 1.165) is 35.7 Å². The number of nitrogens with two attached hydrogens (primary N) is 1. The number of H-pyrrole nitrogens is 1. The van der Waals surface area contributed by atoms with Crippen LogP contribution in [-0.2, 0) is 32.6 Å². The summed E-state index contributed by atoms with van der Waals surface area (Å²) in [6.45, 7) is 4.56. The van der Waals surface area contributed by atoms with Gasteiger partial charge in [-0.15, -0.1) is 12.4 Å². The molecule has 2 heterocycles. The molecule has 1 aliphatic carbocycles. The molecule has 8 heteroatoms.